The van der Waals surface area contributed by atoms with E-state index in [9.17, 15) is 9.59 Å². The second-order valence-corrected chi connectivity index (χ2v) is 7.26. The van der Waals surface area contributed by atoms with Crippen molar-refractivity contribution in [3.05, 3.63) is 46.8 Å². The van der Waals surface area contributed by atoms with E-state index in [1.807, 2.05) is 24.3 Å². The van der Waals surface area contributed by atoms with Gasteiger partial charge in [0.05, 0.1) is 30.9 Å². The van der Waals surface area contributed by atoms with E-state index in [4.69, 9.17) is 18.9 Å². The van der Waals surface area contributed by atoms with Gasteiger partial charge < -0.3 is 23.5 Å². The van der Waals surface area contributed by atoms with Gasteiger partial charge in [0, 0.05) is 12.1 Å². The van der Waals surface area contributed by atoms with Crippen LogP contribution in [-0.2, 0) is 27.3 Å². The van der Waals surface area contributed by atoms with Crippen LogP contribution in [0.1, 0.15) is 5.56 Å². The number of hydrogen-bond donors (Lipinski definition) is 0. The number of carbonyl (C=O) groups is 2. The van der Waals surface area contributed by atoms with Gasteiger partial charge in [-0.3, -0.25) is 9.59 Å². The number of esters is 1. The molecule has 0 aliphatic carbocycles. The molecule has 9 heteroatoms. The van der Waals surface area contributed by atoms with E-state index in [1.165, 1.54) is 18.4 Å². The fraction of sp³-hybridized carbons (Fsp3) is 0.250. The predicted octanol–water partition coefficient (Wildman–Crippen LogP) is 2.28. The molecule has 1 aromatic heterocycles. The van der Waals surface area contributed by atoms with Crippen molar-refractivity contribution in [2.45, 2.75) is 13.0 Å². The maximum atomic E-state index is 12.6. The zero-order valence-electron chi connectivity index (χ0n) is 15.8. The first-order valence-corrected chi connectivity index (χ1v) is 9.59. The van der Waals surface area contributed by atoms with Crippen LogP contribution in [0.3, 0.4) is 0 Å². The van der Waals surface area contributed by atoms with Gasteiger partial charge in [-0.1, -0.05) is 23.5 Å². The first kappa shape index (κ1) is 19.0. The predicted molar refractivity (Wildman–Crippen MR) is 105 cm³/mol. The van der Waals surface area contributed by atoms with Crippen LogP contribution in [0.2, 0.25) is 0 Å². The summed E-state index contributed by atoms with van der Waals surface area (Å²) in [5.41, 5.74) is 1.51. The second-order valence-electron chi connectivity index (χ2n) is 6.25. The normalized spacial score (nSPS) is 13.0. The third kappa shape index (κ3) is 3.95. The third-order valence-electron chi connectivity index (χ3n) is 4.40. The fourth-order valence-electron chi connectivity index (χ4n) is 2.99. The van der Waals surface area contributed by atoms with Gasteiger partial charge >= 0.3 is 5.97 Å². The Balaban J connectivity index is 1.73. The van der Waals surface area contributed by atoms with E-state index < -0.39 is 5.97 Å². The van der Waals surface area contributed by atoms with Crippen molar-refractivity contribution in [1.82, 2.24) is 4.57 Å². The van der Waals surface area contributed by atoms with Crippen LogP contribution < -0.4 is 19.0 Å². The van der Waals surface area contributed by atoms with Crippen LogP contribution >= 0.6 is 11.3 Å². The van der Waals surface area contributed by atoms with Gasteiger partial charge in [0.1, 0.15) is 12.3 Å². The molecule has 2 heterocycles. The molecule has 0 bridgehead atoms. The smallest absolute Gasteiger partial charge is 0.325 e. The van der Waals surface area contributed by atoms with E-state index in [2.05, 4.69) is 4.99 Å². The number of benzene rings is 2. The van der Waals surface area contributed by atoms with Gasteiger partial charge in [-0.15, -0.1) is 0 Å². The lowest BCUT2D eigenvalue weighted by atomic mass is 10.1. The highest BCUT2D eigenvalue weighted by Crippen LogP contribution is 2.37. The monoisotopic (exact) mass is 414 g/mol. The lowest BCUT2D eigenvalue weighted by Gasteiger charge is -2.05. The van der Waals surface area contributed by atoms with Crippen LogP contribution in [0.25, 0.3) is 10.2 Å². The SMILES string of the molecule is COC(=O)Cn1c(=NC(=O)Cc2cccc(OC)c2)sc2cc3c(cc21)OCO3. The molecule has 0 saturated carbocycles. The van der Waals surface area contributed by atoms with E-state index >= 15 is 0 Å². The number of ether oxygens (including phenoxy) is 4. The number of rotatable bonds is 5. The van der Waals surface area contributed by atoms with E-state index in [0.29, 0.717) is 22.0 Å². The number of hydrogen-bond acceptors (Lipinski definition) is 7. The molecular formula is C20H18N2O6S. The largest absolute Gasteiger partial charge is 0.497 e. The highest BCUT2D eigenvalue weighted by atomic mass is 32.1. The highest BCUT2D eigenvalue weighted by molar-refractivity contribution is 7.16. The first-order valence-electron chi connectivity index (χ1n) is 8.77. The summed E-state index contributed by atoms with van der Waals surface area (Å²) < 4.78 is 23.3. The molecule has 2 aromatic carbocycles. The standard InChI is InChI=1S/C20H18N2O6S/c1-25-13-5-3-4-12(6-13)7-18(23)21-20-22(10-19(24)26-2)14-8-15-16(28-11-27-15)9-17(14)29-20/h3-6,8-9H,7,10-11H2,1-2H3. The average molecular weight is 414 g/mol. The van der Waals surface area contributed by atoms with Gasteiger partial charge in [-0.05, 0) is 17.7 Å². The minimum atomic E-state index is -0.441. The minimum absolute atomic E-state index is 0.0680. The van der Waals surface area contributed by atoms with Gasteiger partial charge in [0.15, 0.2) is 16.3 Å². The Morgan fingerprint density at radius 1 is 1.17 bits per heavy atom. The van der Waals surface area contributed by atoms with E-state index in [1.54, 1.807) is 23.8 Å². The minimum Gasteiger partial charge on any atom is -0.497 e. The fourth-order valence-corrected chi connectivity index (χ4v) is 4.05. The van der Waals surface area contributed by atoms with Crippen LogP contribution in [0.15, 0.2) is 41.4 Å². The van der Waals surface area contributed by atoms with Crippen molar-refractivity contribution >= 4 is 33.4 Å². The summed E-state index contributed by atoms with van der Waals surface area (Å²) in [4.78, 5) is 29.2. The molecule has 0 saturated heterocycles. The molecule has 150 valence electrons. The third-order valence-corrected chi connectivity index (χ3v) is 5.44. The van der Waals surface area contributed by atoms with E-state index in [0.717, 1.165) is 15.8 Å². The number of amides is 1. The van der Waals surface area contributed by atoms with Crippen molar-refractivity contribution in [2.75, 3.05) is 21.0 Å². The van der Waals surface area contributed by atoms with Gasteiger partial charge in [0.2, 0.25) is 6.79 Å². The zero-order chi connectivity index (χ0) is 20.4. The van der Waals surface area contributed by atoms with Crippen molar-refractivity contribution < 1.29 is 28.5 Å². The Bertz CT molecular complexity index is 1160. The molecule has 0 atom stereocenters. The Hall–Kier alpha value is -3.33. The topological polar surface area (TPSA) is 88.4 Å². The maximum absolute atomic E-state index is 12.6. The van der Waals surface area contributed by atoms with Crippen LogP contribution in [0, 0.1) is 0 Å². The summed E-state index contributed by atoms with van der Waals surface area (Å²) in [7, 11) is 2.89. The van der Waals surface area contributed by atoms with Crippen molar-refractivity contribution in [3.8, 4) is 17.2 Å². The molecule has 3 aromatic rings. The van der Waals surface area contributed by atoms with Crippen LogP contribution in [0.4, 0.5) is 0 Å². The molecule has 0 unspecified atom stereocenters. The molecule has 4 rings (SSSR count). The number of thiazole rings is 1. The average Bonchev–Trinajstić information content (AvgIpc) is 3.30. The van der Waals surface area contributed by atoms with Gasteiger partial charge in [0.25, 0.3) is 5.91 Å². The highest BCUT2D eigenvalue weighted by Gasteiger charge is 2.19. The van der Waals surface area contributed by atoms with Gasteiger partial charge in [-0.25, -0.2) is 0 Å². The molecular weight excluding hydrogens is 396 g/mol. The Morgan fingerprint density at radius 3 is 2.72 bits per heavy atom. The number of methoxy groups -OCH3 is 2. The lowest BCUT2D eigenvalue weighted by molar-refractivity contribution is -0.141. The summed E-state index contributed by atoms with van der Waals surface area (Å²) in [6.07, 6.45) is 0.117. The van der Waals surface area contributed by atoms with Crippen LogP contribution in [0.5, 0.6) is 17.2 Å². The van der Waals surface area contributed by atoms with Crippen molar-refractivity contribution in [3.63, 3.8) is 0 Å². The Kier molecular flexibility index (Phi) is 5.22. The first-order chi connectivity index (χ1) is 14.1. The van der Waals surface area contributed by atoms with E-state index in [-0.39, 0.29) is 25.7 Å². The van der Waals surface area contributed by atoms with Crippen molar-refractivity contribution in [2.24, 2.45) is 4.99 Å². The summed E-state index contributed by atoms with van der Waals surface area (Å²) in [6, 6.07) is 10.9. The summed E-state index contributed by atoms with van der Waals surface area (Å²) in [5, 5.41) is 0. The zero-order valence-corrected chi connectivity index (χ0v) is 16.7. The summed E-state index contributed by atoms with van der Waals surface area (Å²) in [6.45, 7) is 0.0846. The summed E-state index contributed by atoms with van der Waals surface area (Å²) >= 11 is 1.30. The van der Waals surface area contributed by atoms with Crippen LogP contribution in [-0.4, -0.2) is 37.5 Å². The number of carbonyl (C=O) groups excluding carboxylic acids is 2. The quantitative estimate of drug-likeness (QED) is 0.595. The van der Waals surface area contributed by atoms with Gasteiger partial charge in [-0.2, -0.15) is 4.99 Å². The molecule has 0 spiro atoms. The molecule has 1 amide bonds. The number of nitrogens with zero attached hydrogens (tertiary/aromatic N) is 2. The molecule has 1 aliphatic rings. The Labute approximate surface area is 169 Å². The molecule has 0 radical (unpaired) electrons. The molecule has 0 fully saturated rings. The number of fused-ring (bicyclic) bond motifs is 2. The second kappa shape index (κ2) is 7.96. The van der Waals surface area contributed by atoms with Crippen molar-refractivity contribution in [1.29, 1.82) is 0 Å². The lowest BCUT2D eigenvalue weighted by Crippen LogP contribution is -2.22. The molecule has 1 aliphatic heterocycles. The Morgan fingerprint density at radius 2 is 1.97 bits per heavy atom. The molecule has 29 heavy (non-hydrogen) atoms. The molecule has 0 N–H and O–H groups in total. The number of aromatic nitrogens is 1. The summed E-state index contributed by atoms with van der Waals surface area (Å²) in [5.74, 6) is 1.11. The molecule has 8 nitrogen and oxygen atoms in total. The maximum Gasteiger partial charge on any atom is 0.325 e.